The van der Waals surface area contributed by atoms with Gasteiger partial charge >= 0.3 is 0 Å². The number of aromatic nitrogens is 1. The van der Waals surface area contributed by atoms with Gasteiger partial charge in [-0.15, -0.1) is 0 Å². The number of halogens is 1. The summed E-state index contributed by atoms with van der Waals surface area (Å²) < 4.78 is 12.5. The van der Waals surface area contributed by atoms with E-state index in [1.165, 1.54) is 0 Å². The fraction of sp³-hybridized carbons (Fsp3) is 0.323. The first kappa shape index (κ1) is 26.4. The van der Waals surface area contributed by atoms with Crippen LogP contribution in [0.4, 0.5) is 0 Å². The van der Waals surface area contributed by atoms with Crippen LogP contribution in [0.2, 0.25) is 5.02 Å². The van der Waals surface area contributed by atoms with Gasteiger partial charge in [0.15, 0.2) is 0 Å². The maximum Gasteiger partial charge on any atom is 0.268 e. The Labute approximate surface area is 228 Å². The summed E-state index contributed by atoms with van der Waals surface area (Å²) in [6, 6.07) is 27.8. The molecule has 198 valence electrons. The van der Waals surface area contributed by atoms with Crippen molar-refractivity contribution in [2.75, 3.05) is 20.3 Å². The van der Waals surface area contributed by atoms with E-state index >= 15 is 0 Å². The maximum absolute atomic E-state index is 13.3. The lowest BCUT2D eigenvalue weighted by Gasteiger charge is -2.29. The fourth-order valence-corrected chi connectivity index (χ4v) is 5.60. The van der Waals surface area contributed by atoms with Crippen LogP contribution < -0.4 is 10.6 Å². The second-order valence-electron chi connectivity index (χ2n) is 10.3. The SMILES string of the molecule is CN[C@@H]1CC(COCc2ccccc2)(COCc2ccccc2)C[C@H]1NC(=O)c1cc2cc(Cl)ccc2[nH]1. The first-order chi connectivity index (χ1) is 18.5. The van der Waals surface area contributed by atoms with Crippen molar-refractivity contribution in [2.45, 2.75) is 38.1 Å². The number of amides is 1. The van der Waals surface area contributed by atoms with Gasteiger partial charge in [0.25, 0.3) is 5.91 Å². The van der Waals surface area contributed by atoms with Crippen LogP contribution in [-0.4, -0.2) is 43.2 Å². The van der Waals surface area contributed by atoms with Crippen molar-refractivity contribution in [1.82, 2.24) is 15.6 Å². The molecule has 0 aliphatic heterocycles. The van der Waals surface area contributed by atoms with Crippen LogP contribution in [0.5, 0.6) is 0 Å². The summed E-state index contributed by atoms with van der Waals surface area (Å²) in [5.41, 5.74) is 3.45. The lowest BCUT2D eigenvalue weighted by Crippen LogP contribution is -2.45. The molecule has 3 aromatic carbocycles. The van der Waals surface area contributed by atoms with Gasteiger partial charge in [-0.2, -0.15) is 0 Å². The van der Waals surface area contributed by atoms with E-state index < -0.39 is 0 Å². The first-order valence-corrected chi connectivity index (χ1v) is 13.4. The van der Waals surface area contributed by atoms with Crippen LogP contribution >= 0.6 is 11.6 Å². The Balaban J connectivity index is 1.28. The Bertz CT molecular complexity index is 1300. The lowest BCUT2D eigenvalue weighted by atomic mass is 9.87. The molecule has 3 N–H and O–H groups in total. The predicted molar refractivity (Wildman–Crippen MR) is 151 cm³/mol. The summed E-state index contributed by atoms with van der Waals surface area (Å²) in [6.45, 7) is 2.18. The Morgan fingerprint density at radius 3 is 2.11 bits per heavy atom. The van der Waals surface area contributed by atoms with Crippen molar-refractivity contribution in [3.63, 3.8) is 0 Å². The summed E-state index contributed by atoms with van der Waals surface area (Å²) in [5, 5.41) is 8.25. The third kappa shape index (κ3) is 6.45. The minimum Gasteiger partial charge on any atom is -0.376 e. The van der Waals surface area contributed by atoms with Crippen LogP contribution in [0.25, 0.3) is 10.9 Å². The number of H-pyrrole nitrogens is 1. The van der Waals surface area contributed by atoms with E-state index in [2.05, 4.69) is 39.9 Å². The van der Waals surface area contributed by atoms with Gasteiger partial charge < -0.3 is 25.1 Å². The fourth-order valence-electron chi connectivity index (χ4n) is 5.42. The zero-order chi connectivity index (χ0) is 26.4. The normalized spacial score (nSPS) is 18.6. The number of fused-ring (bicyclic) bond motifs is 1. The highest BCUT2D eigenvalue weighted by atomic mass is 35.5. The number of nitrogens with one attached hydrogen (secondary N) is 3. The smallest absolute Gasteiger partial charge is 0.268 e. The summed E-state index contributed by atoms with van der Waals surface area (Å²) in [4.78, 5) is 16.5. The van der Waals surface area contributed by atoms with Crippen molar-refractivity contribution >= 4 is 28.4 Å². The number of hydrogen-bond donors (Lipinski definition) is 3. The number of carbonyl (C=O) groups excluding carboxylic acids is 1. The molecule has 1 aliphatic rings. The number of benzene rings is 3. The van der Waals surface area contributed by atoms with E-state index in [0.717, 1.165) is 34.9 Å². The van der Waals surface area contributed by atoms with Gasteiger partial charge in [0.2, 0.25) is 0 Å². The van der Waals surface area contributed by atoms with Crippen molar-refractivity contribution in [3.8, 4) is 0 Å². The van der Waals surface area contributed by atoms with Crippen LogP contribution in [0.1, 0.15) is 34.5 Å². The highest BCUT2D eigenvalue weighted by Gasteiger charge is 2.46. The molecule has 0 spiro atoms. The Morgan fingerprint density at radius 1 is 0.895 bits per heavy atom. The molecule has 38 heavy (non-hydrogen) atoms. The number of rotatable bonds is 11. The van der Waals surface area contributed by atoms with E-state index in [-0.39, 0.29) is 23.4 Å². The molecule has 0 saturated heterocycles. The van der Waals surface area contributed by atoms with Crippen molar-refractivity contribution in [3.05, 3.63) is 107 Å². The number of likely N-dealkylation sites (N-methyl/N-ethyl adjacent to an activating group) is 1. The average molecular weight is 532 g/mol. The van der Waals surface area contributed by atoms with Crippen LogP contribution in [0.3, 0.4) is 0 Å². The van der Waals surface area contributed by atoms with Gasteiger partial charge in [-0.1, -0.05) is 72.3 Å². The number of aromatic amines is 1. The second kappa shape index (κ2) is 12.1. The monoisotopic (exact) mass is 531 g/mol. The minimum atomic E-state index is -0.233. The quantitative estimate of drug-likeness (QED) is 0.231. The van der Waals surface area contributed by atoms with Crippen LogP contribution in [0.15, 0.2) is 84.9 Å². The molecule has 4 aromatic rings. The molecule has 1 fully saturated rings. The molecule has 7 heteroatoms. The minimum absolute atomic E-state index is 0.0665. The second-order valence-corrected chi connectivity index (χ2v) is 10.7. The van der Waals surface area contributed by atoms with E-state index in [4.69, 9.17) is 21.1 Å². The maximum atomic E-state index is 13.3. The van der Waals surface area contributed by atoms with Gasteiger partial charge in [-0.25, -0.2) is 0 Å². The summed E-state index contributed by atoms with van der Waals surface area (Å²) in [5.74, 6) is -0.131. The zero-order valence-electron chi connectivity index (χ0n) is 21.6. The summed E-state index contributed by atoms with van der Waals surface area (Å²) >= 11 is 6.13. The van der Waals surface area contributed by atoms with Crippen molar-refractivity contribution < 1.29 is 14.3 Å². The molecule has 1 aliphatic carbocycles. The third-order valence-corrected chi connectivity index (χ3v) is 7.58. The molecule has 1 aromatic heterocycles. The number of carbonyl (C=O) groups is 1. The van der Waals surface area contributed by atoms with Gasteiger partial charge in [0.1, 0.15) is 5.69 Å². The average Bonchev–Trinajstić information content (AvgIpc) is 3.51. The molecule has 0 unspecified atom stereocenters. The molecule has 2 atom stereocenters. The summed E-state index contributed by atoms with van der Waals surface area (Å²) in [7, 11) is 1.94. The van der Waals surface area contributed by atoms with E-state index in [0.29, 0.717) is 37.1 Å². The molecule has 6 nitrogen and oxygen atoms in total. The molecular weight excluding hydrogens is 498 g/mol. The summed E-state index contributed by atoms with van der Waals surface area (Å²) in [6.07, 6.45) is 1.58. The molecule has 0 bridgehead atoms. The number of hydrogen-bond acceptors (Lipinski definition) is 4. The highest BCUT2D eigenvalue weighted by molar-refractivity contribution is 6.31. The van der Waals surface area contributed by atoms with Crippen molar-refractivity contribution in [1.29, 1.82) is 0 Å². The molecule has 1 amide bonds. The molecule has 1 heterocycles. The van der Waals surface area contributed by atoms with E-state index in [1.807, 2.05) is 67.7 Å². The zero-order valence-corrected chi connectivity index (χ0v) is 22.3. The van der Waals surface area contributed by atoms with Gasteiger partial charge in [0.05, 0.1) is 26.4 Å². The van der Waals surface area contributed by atoms with E-state index in [1.54, 1.807) is 0 Å². The molecular formula is C31H34ClN3O3. The largest absolute Gasteiger partial charge is 0.376 e. The Morgan fingerprint density at radius 2 is 1.50 bits per heavy atom. The molecule has 0 radical (unpaired) electrons. The highest BCUT2D eigenvalue weighted by Crippen LogP contribution is 2.40. The topological polar surface area (TPSA) is 75.4 Å². The predicted octanol–water partition coefficient (Wildman–Crippen LogP) is 5.72. The van der Waals surface area contributed by atoms with Gasteiger partial charge in [-0.05, 0) is 55.3 Å². The first-order valence-electron chi connectivity index (χ1n) is 13.0. The molecule has 5 rings (SSSR count). The van der Waals surface area contributed by atoms with Crippen LogP contribution in [-0.2, 0) is 22.7 Å². The van der Waals surface area contributed by atoms with Gasteiger partial charge in [-0.3, -0.25) is 4.79 Å². The van der Waals surface area contributed by atoms with Gasteiger partial charge in [0, 0.05) is 33.4 Å². The third-order valence-electron chi connectivity index (χ3n) is 7.35. The Kier molecular flexibility index (Phi) is 8.45. The van der Waals surface area contributed by atoms with Crippen LogP contribution in [0, 0.1) is 5.41 Å². The molecule has 1 saturated carbocycles. The lowest BCUT2D eigenvalue weighted by molar-refractivity contribution is -0.0315. The van der Waals surface area contributed by atoms with E-state index in [9.17, 15) is 4.79 Å². The number of ether oxygens (including phenoxy) is 2. The van der Waals surface area contributed by atoms with Crippen molar-refractivity contribution in [2.24, 2.45) is 5.41 Å². The Hall–Kier alpha value is -3.16. The standard InChI is InChI=1S/C31H34ClN3O3/c1-33-28-16-31(20-37-18-22-8-4-2-5-9-22,21-38-19-23-10-6-3-7-11-23)17-29(28)35-30(36)27-15-24-14-25(32)12-13-26(24)34-27/h2-15,28-29,33-34H,16-21H2,1H3,(H,35,36)/t28-,29-/m1/s1.